The molecule has 2 atom stereocenters. The van der Waals surface area contributed by atoms with Crippen molar-refractivity contribution in [2.24, 2.45) is 0 Å². The van der Waals surface area contributed by atoms with Crippen LogP contribution in [-0.2, 0) is 4.74 Å². The van der Waals surface area contributed by atoms with Crippen LogP contribution in [0.25, 0.3) is 0 Å². The maximum absolute atomic E-state index is 13.1. The van der Waals surface area contributed by atoms with E-state index in [-0.39, 0.29) is 18.2 Å². The Hall–Kier alpha value is -3.36. The fraction of sp³-hybridized carbons (Fsp3) is 0.320. The van der Waals surface area contributed by atoms with E-state index < -0.39 is 0 Å². The number of nitrogens with zero attached hydrogens (tertiary/aromatic N) is 5. The van der Waals surface area contributed by atoms with Crippen LogP contribution in [0.4, 0.5) is 16.4 Å². The van der Waals surface area contributed by atoms with Gasteiger partial charge in [0.15, 0.2) is 0 Å². The van der Waals surface area contributed by atoms with Gasteiger partial charge in [0.2, 0.25) is 5.95 Å². The van der Waals surface area contributed by atoms with Gasteiger partial charge in [0.05, 0.1) is 7.11 Å². The molecule has 2 aliphatic heterocycles. The fourth-order valence-electron chi connectivity index (χ4n) is 4.56. The number of methoxy groups -OCH3 is 1. The molecule has 0 spiro atoms. The SMILES string of the molecule is COc1cccc([C@H]2[C@H](CN3CCN(c4ncccn4)CC3)OC(=O)N2c2ccc(Cl)cc2)c1. The summed E-state index contributed by atoms with van der Waals surface area (Å²) in [5, 5.41) is 0.617. The number of carbonyl (C=O) groups is 1. The first-order chi connectivity index (χ1) is 16.6. The number of benzene rings is 2. The van der Waals surface area contributed by atoms with Gasteiger partial charge in [-0.25, -0.2) is 14.8 Å². The number of cyclic esters (lactones) is 1. The van der Waals surface area contributed by atoms with E-state index in [0.29, 0.717) is 11.6 Å². The van der Waals surface area contributed by atoms with Gasteiger partial charge in [-0.15, -0.1) is 0 Å². The summed E-state index contributed by atoms with van der Waals surface area (Å²) in [5.41, 5.74) is 1.71. The van der Waals surface area contributed by atoms with E-state index in [1.54, 1.807) is 36.5 Å². The average molecular weight is 480 g/mol. The lowest BCUT2D eigenvalue weighted by Gasteiger charge is -2.36. The summed E-state index contributed by atoms with van der Waals surface area (Å²) >= 11 is 6.09. The highest BCUT2D eigenvalue weighted by Gasteiger charge is 2.44. The molecule has 1 amide bonds. The third-order valence-corrected chi connectivity index (χ3v) is 6.52. The van der Waals surface area contributed by atoms with E-state index in [4.69, 9.17) is 21.1 Å². The van der Waals surface area contributed by atoms with E-state index in [1.165, 1.54) is 0 Å². The van der Waals surface area contributed by atoms with Crippen LogP contribution in [-0.4, -0.2) is 66.9 Å². The summed E-state index contributed by atoms with van der Waals surface area (Å²) in [4.78, 5) is 28.0. The Labute approximate surface area is 203 Å². The minimum atomic E-state index is -0.364. The van der Waals surface area contributed by atoms with Crippen molar-refractivity contribution in [3.8, 4) is 5.75 Å². The number of ether oxygens (including phenoxy) is 2. The van der Waals surface area contributed by atoms with Gasteiger partial charge in [0, 0.05) is 55.8 Å². The zero-order valence-electron chi connectivity index (χ0n) is 18.9. The van der Waals surface area contributed by atoms with Crippen molar-refractivity contribution in [3.05, 3.63) is 77.6 Å². The Morgan fingerprint density at radius 1 is 1.03 bits per heavy atom. The van der Waals surface area contributed by atoms with Gasteiger partial charge in [-0.1, -0.05) is 23.7 Å². The minimum absolute atomic E-state index is 0.292. The molecule has 176 valence electrons. The van der Waals surface area contributed by atoms with Gasteiger partial charge in [0.25, 0.3) is 0 Å². The maximum atomic E-state index is 13.1. The largest absolute Gasteiger partial charge is 0.497 e. The summed E-state index contributed by atoms with van der Waals surface area (Å²) in [7, 11) is 1.64. The number of hydrogen-bond acceptors (Lipinski definition) is 7. The van der Waals surface area contributed by atoms with Crippen LogP contribution >= 0.6 is 11.6 Å². The molecule has 2 aromatic carbocycles. The van der Waals surface area contributed by atoms with Crippen LogP contribution in [0.5, 0.6) is 5.75 Å². The molecule has 9 heteroatoms. The second kappa shape index (κ2) is 9.87. The molecular weight excluding hydrogens is 454 g/mol. The van der Waals surface area contributed by atoms with Crippen molar-refractivity contribution < 1.29 is 14.3 Å². The number of carbonyl (C=O) groups excluding carboxylic acids is 1. The third-order valence-electron chi connectivity index (χ3n) is 6.26. The highest BCUT2D eigenvalue weighted by Crippen LogP contribution is 2.39. The Morgan fingerprint density at radius 2 is 1.76 bits per heavy atom. The van der Waals surface area contributed by atoms with E-state index in [0.717, 1.165) is 49.1 Å². The summed E-state index contributed by atoms with van der Waals surface area (Å²) in [6.45, 7) is 3.92. The molecular formula is C25H26ClN5O3. The zero-order chi connectivity index (χ0) is 23.5. The predicted octanol–water partition coefficient (Wildman–Crippen LogP) is 4.03. The van der Waals surface area contributed by atoms with E-state index in [9.17, 15) is 4.79 Å². The molecule has 3 heterocycles. The first-order valence-electron chi connectivity index (χ1n) is 11.3. The molecule has 2 fully saturated rings. The van der Waals surface area contributed by atoms with Crippen LogP contribution < -0.4 is 14.5 Å². The third kappa shape index (κ3) is 4.64. The summed E-state index contributed by atoms with van der Waals surface area (Å²) in [5.74, 6) is 1.49. The van der Waals surface area contributed by atoms with Gasteiger partial charge in [-0.2, -0.15) is 0 Å². The minimum Gasteiger partial charge on any atom is -0.497 e. The maximum Gasteiger partial charge on any atom is 0.415 e. The van der Waals surface area contributed by atoms with E-state index in [2.05, 4.69) is 19.8 Å². The Bertz CT molecular complexity index is 1120. The molecule has 1 aromatic heterocycles. The molecule has 0 bridgehead atoms. The topological polar surface area (TPSA) is 71.0 Å². The first kappa shape index (κ1) is 22.4. The summed E-state index contributed by atoms with van der Waals surface area (Å²) in [6.07, 6.45) is 2.82. The molecule has 0 radical (unpaired) electrons. The van der Waals surface area contributed by atoms with Gasteiger partial charge in [-0.3, -0.25) is 9.80 Å². The molecule has 2 aliphatic rings. The van der Waals surface area contributed by atoms with Crippen molar-refractivity contribution >= 4 is 29.3 Å². The fourth-order valence-corrected chi connectivity index (χ4v) is 4.69. The van der Waals surface area contributed by atoms with Crippen LogP contribution in [0, 0.1) is 0 Å². The molecule has 34 heavy (non-hydrogen) atoms. The van der Waals surface area contributed by atoms with Gasteiger partial charge in [-0.05, 0) is 48.0 Å². The first-order valence-corrected chi connectivity index (χ1v) is 11.6. The molecule has 0 saturated carbocycles. The molecule has 3 aromatic rings. The Kier molecular flexibility index (Phi) is 6.51. The molecule has 5 rings (SSSR count). The molecule has 0 unspecified atom stereocenters. The number of amides is 1. The summed E-state index contributed by atoms with van der Waals surface area (Å²) in [6, 6.07) is 16.6. The zero-order valence-corrected chi connectivity index (χ0v) is 19.6. The van der Waals surface area contributed by atoms with Gasteiger partial charge < -0.3 is 14.4 Å². The van der Waals surface area contributed by atoms with Crippen molar-refractivity contribution in [1.82, 2.24) is 14.9 Å². The van der Waals surface area contributed by atoms with Gasteiger partial charge in [0.1, 0.15) is 17.9 Å². The highest BCUT2D eigenvalue weighted by molar-refractivity contribution is 6.30. The molecule has 8 nitrogen and oxygen atoms in total. The lowest BCUT2D eigenvalue weighted by molar-refractivity contribution is 0.0939. The van der Waals surface area contributed by atoms with Crippen LogP contribution in [0.3, 0.4) is 0 Å². The normalized spacial score (nSPS) is 20.9. The second-order valence-corrected chi connectivity index (χ2v) is 8.76. The Balaban J connectivity index is 1.37. The molecule has 2 saturated heterocycles. The van der Waals surface area contributed by atoms with Crippen molar-refractivity contribution in [2.45, 2.75) is 12.1 Å². The standard InChI is InChI=1S/C25H26ClN5O3/c1-33-21-5-2-4-18(16-21)23-22(34-25(32)31(23)20-8-6-19(26)7-9-20)17-29-12-14-30(15-13-29)24-27-10-3-11-28-24/h2-11,16,22-23H,12-15,17H2,1H3/t22-,23-/m0/s1. The number of halogens is 1. The van der Waals surface area contributed by atoms with Gasteiger partial charge >= 0.3 is 6.09 Å². The summed E-state index contributed by atoms with van der Waals surface area (Å²) < 4.78 is 11.4. The average Bonchev–Trinajstić information content (AvgIpc) is 3.21. The number of piperazine rings is 1. The monoisotopic (exact) mass is 479 g/mol. The smallest absolute Gasteiger partial charge is 0.415 e. The molecule has 0 aliphatic carbocycles. The molecule has 0 N–H and O–H groups in total. The van der Waals surface area contributed by atoms with Crippen molar-refractivity contribution in [1.29, 1.82) is 0 Å². The lowest BCUT2D eigenvalue weighted by atomic mass is 9.99. The highest BCUT2D eigenvalue weighted by atomic mass is 35.5. The second-order valence-electron chi connectivity index (χ2n) is 8.33. The van der Waals surface area contributed by atoms with Crippen molar-refractivity contribution in [2.75, 3.05) is 49.6 Å². The van der Waals surface area contributed by atoms with E-state index in [1.807, 2.05) is 42.5 Å². The number of aromatic nitrogens is 2. The van der Waals surface area contributed by atoms with Crippen molar-refractivity contribution in [3.63, 3.8) is 0 Å². The van der Waals surface area contributed by atoms with Crippen LogP contribution in [0.15, 0.2) is 67.0 Å². The number of anilines is 2. The number of rotatable bonds is 6. The van der Waals surface area contributed by atoms with E-state index >= 15 is 0 Å². The number of hydrogen-bond donors (Lipinski definition) is 0. The predicted molar refractivity (Wildman–Crippen MR) is 131 cm³/mol. The van der Waals surface area contributed by atoms with Crippen LogP contribution in [0.2, 0.25) is 5.02 Å². The quantitative estimate of drug-likeness (QED) is 0.528. The van der Waals surface area contributed by atoms with Crippen LogP contribution in [0.1, 0.15) is 11.6 Å². The lowest BCUT2D eigenvalue weighted by Crippen LogP contribution is -2.49. The Morgan fingerprint density at radius 3 is 2.47 bits per heavy atom.